The third-order valence-electron chi connectivity index (χ3n) is 2.00. The van der Waals surface area contributed by atoms with Gasteiger partial charge in [0, 0.05) is 0 Å². The van der Waals surface area contributed by atoms with Gasteiger partial charge in [0.1, 0.15) is 0 Å². The molecule has 0 aliphatic rings. The number of rotatable bonds is 0. The Kier molecular flexibility index (Phi) is 9.66. The van der Waals surface area contributed by atoms with Crippen LogP contribution in [-0.4, -0.2) is 0 Å². The van der Waals surface area contributed by atoms with Crippen LogP contribution < -0.4 is 10.2 Å². The number of benzene rings is 2. The second kappa shape index (κ2) is 9.49. The van der Waals surface area contributed by atoms with Crippen LogP contribution in [-0.2, 0) is 18.6 Å². The Labute approximate surface area is 163 Å². The Balaban J connectivity index is 0.000000364. The Bertz CT molecular complexity index is 526. The summed E-state index contributed by atoms with van der Waals surface area (Å²) in [6.45, 7) is 0. The Morgan fingerprint density at radius 3 is 1.05 bits per heavy atom. The molecular formula is C12H4Cl6O2V. The third-order valence-corrected chi connectivity index (χ3v) is 4.55. The molecule has 0 unspecified atom stereocenters. The first kappa shape index (κ1) is 21.4. The van der Waals surface area contributed by atoms with E-state index in [2.05, 4.69) is 0 Å². The average Bonchev–Trinajstić information content (AvgIpc) is 2.43. The molecule has 0 saturated heterocycles. The van der Waals surface area contributed by atoms with Crippen LogP contribution in [0, 0.1) is 0 Å². The molecule has 2 rings (SSSR count). The van der Waals surface area contributed by atoms with Gasteiger partial charge in [-0.1, -0.05) is 93.2 Å². The Morgan fingerprint density at radius 1 is 0.524 bits per heavy atom. The van der Waals surface area contributed by atoms with Gasteiger partial charge < -0.3 is 10.2 Å². The fourth-order valence-electron chi connectivity index (χ4n) is 1.02. The first-order chi connectivity index (χ1) is 9.25. The summed E-state index contributed by atoms with van der Waals surface area (Å²) >= 11 is 33.0. The predicted octanol–water partition coefficient (Wildman–Crippen LogP) is 5.44. The van der Waals surface area contributed by atoms with E-state index in [1.807, 2.05) is 0 Å². The largest absolute Gasteiger partial charge is 2.00 e. The standard InChI is InChI=1S/2C6H3Cl3O.V/c2*7-3-1-2-4(10)6(9)5(3)8;/h2*1-2,10H;/q;;+2/p-2. The van der Waals surface area contributed by atoms with Crippen LogP contribution in [0.3, 0.4) is 0 Å². The molecule has 2 nitrogen and oxygen atoms in total. The molecule has 0 amide bonds. The van der Waals surface area contributed by atoms with Gasteiger partial charge in [-0.15, -0.1) is 0 Å². The van der Waals surface area contributed by atoms with Gasteiger partial charge in [0.2, 0.25) is 0 Å². The molecule has 2 aromatic rings. The zero-order valence-corrected chi connectivity index (χ0v) is 15.8. The van der Waals surface area contributed by atoms with Crippen molar-refractivity contribution in [3.05, 3.63) is 54.4 Å². The molecule has 0 aliphatic carbocycles. The fraction of sp³-hybridized carbons (Fsp3) is 0. The monoisotopic (exact) mass is 441 g/mol. The van der Waals surface area contributed by atoms with Crippen LogP contribution in [0.5, 0.6) is 11.5 Å². The van der Waals surface area contributed by atoms with Crippen molar-refractivity contribution in [1.29, 1.82) is 0 Å². The summed E-state index contributed by atoms with van der Waals surface area (Å²) in [5.74, 6) is -0.618. The molecule has 0 fully saturated rings. The maximum absolute atomic E-state index is 10.7. The molecule has 21 heavy (non-hydrogen) atoms. The van der Waals surface area contributed by atoms with Crippen molar-refractivity contribution in [3.63, 3.8) is 0 Å². The van der Waals surface area contributed by atoms with Crippen molar-refractivity contribution in [1.82, 2.24) is 0 Å². The third kappa shape index (κ3) is 5.82. The normalized spacial score (nSPS) is 9.43. The van der Waals surface area contributed by atoms with E-state index in [4.69, 9.17) is 69.6 Å². The minimum absolute atomic E-state index is 0. The zero-order valence-electron chi connectivity index (χ0n) is 9.84. The van der Waals surface area contributed by atoms with Crippen molar-refractivity contribution in [2.24, 2.45) is 0 Å². The van der Waals surface area contributed by atoms with E-state index in [9.17, 15) is 10.2 Å². The Hall–Kier alpha value is 0.364. The van der Waals surface area contributed by atoms with Crippen molar-refractivity contribution < 1.29 is 28.8 Å². The molecule has 0 aromatic heterocycles. The molecule has 111 valence electrons. The summed E-state index contributed by atoms with van der Waals surface area (Å²) in [6, 6.07) is 5.38. The van der Waals surface area contributed by atoms with Gasteiger partial charge in [0.25, 0.3) is 0 Å². The van der Waals surface area contributed by atoms with Crippen LogP contribution in [0.15, 0.2) is 24.3 Å². The molecular weight excluding hydrogens is 440 g/mol. The van der Waals surface area contributed by atoms with Gasteiger partial charge in [-0.3, -0.25) is 0 Å². The Morgan fingerprint density at radius 2 is 0.810 bits per heavy atom. The zero-order chi connectivity index (χ0) is 15.4. The van der Waals surface area contributed by atoms with Gasteiger partial charge in [-0.05, 0) is 12.1 Å². The minimum atomic E-state index is -0.309. The van der Waals surface area contributed by atoms with Gasteiger partial charge in [-0.25, -0.2) is 0 Å². The molecule has 0 saturated carbocycles. The van der Waals surface area contributed by atoms with Gasteiger partial charge >= 0.3 is 18.6 Å². The van der Waals surface area contributed by atoms with Gasteiger partial charge in [0.05, 0.1) is 30.1 Å². The van der Waals surface area contributed by atoms with Crippen molar-refractivity contribution in [2.75, 3.05) is 0 Å². The SMILES string of the molecule is [O-]c1ccc(Cl)c(Cl)c1Cl.[O-]c1ccc(Cl)c(Cl)c1Cl.[V+2]. The molecule has 0 N–H and O–H groups in total. The van der Waals surface area contributed by atoms with Crippen LogP contribution in [0.25, 0.3) is 0 Å². The van der Waals surface area contributed by atoms with Crippen molar-refractivity contribution >= 4 is 69.6 Å². The maximum Gasteiger partial charge on any atom is 2.00 e. The average molecular weight is 444 g/mol. The van der Waals surface area contributed by atoms with E-state index in [1.165, 1.54) is 24.3 Å². The topological polar surface area (TPSA) is 46.1 Å². The molecule has 2 aromatic carbocycles. The van der Waals surface area contributed by atoms with E-state index in [0.717, 1.165) is 0 Å². The molecule has 0 bridgehead atoms. The second-order valence-electron chi connectivity index (χ2n) is 3.35. The fourth-order valence-corrected chi connectivity index (χ4v) is 2.07. The van der Waals surface area contributed by atoms with E-state index in [0.29, 0.717) is 10.0 Å². The molecule has 0 heterocycles. The van der Waals surface area contributed by atoms with Crippen molar-refractivity contribution in [3.8, 4) is 11.5 Å². The summed E-state index contributed by atoms with van der Waals surface area (Å²) < 4.78 is 0. The molecule has 0 aliphatic heterocycles. The first-order valence-electron chi connectivity index (χ1n) is 4.86. The number of hydrogen-bond donors (Lipinski definition) is 0. The van der Waals surface area contributed by atoms with E-state index in [1.54, 1.807) is 0 Å². The molecule has 0 spiro atoms. The second-order valence-corrected chi connectivity index (χ2v) is 5.67. The smallest absolute Gasteiger partial charge is 0.871 e. The van der Waals surface area contributed by atoms with Crippen molar-refractivity contribution in [2.45, 2.75) is 0 Å². The summed E-state index contributed by atoms with van der Waals surface area (Å²) in [6.07, 6.45) is 0. The summed E-state index contributed by atoms with van der Waals surface area (Å²) in [5, 5.41) is 22.2. The first-order valence-corrected chi connectivity index (χ1v) is 7.13. The molecule has 1 radical (unpaired) electrons. The van der Waals surface area contributed by atoms with E-state index in [-0.39, 0.29) is 50.1 Å². The number of halogens is 6. The van der Waals surface area contributed by atoms with Crippen LogP contribution in [0.4, 0.5) is 0 Å². The maximum atomic E-state index is 10.7. The number of hydrogen-bond acceptors (Lipinski definition) is 2. The minimum Gasteiger partial charge on any atom is -0.871 e. The van der Waals surface area contributed by atoms with Crippen LogP contribution >= 0.6 is 69.6 Å². The van der Waals surface area contributed by atoms with Crippen LogP contribution in [0.1, 0.15) is 0 Å². The van der Waals surface area contributed by atoms with Crippen LogP contribution in [0.2, 0.25) is 30.1 Å². The predicted molar refractivity (Wildman–Crippen MR) is 81.8 cm³/mol. The van der Waals surface area contributed by atoms with Gasteiger partial charge in [0.15, 0.2) is 0 Å². The molecule has 0 atom stereocenters. The van der Waals surface area contributed by atoms with Gasteiger partial charge in [-0.2, -0.15) is 0 Å². The molecule has 9 heteroatoms. The quantitative estimate of drug-likeness (QED) is 0.509. The summed E-state index contributed by atoms with van der Waals surface area (Å²) in [5.41, 5.74) is 0. The summed E-state index contributed by atoms with van der Waals surface area (Å²) in [7, 11) is 0. The summed E-state index contributed by atoms with van der Waals surface area (Å²) in [4.78, 5) is 0. The van der Waals surface area contributed by atoms with E-state index < -0.39 is 0 Å². The van der Waals surface area contributed by atoms with E-state index >= 15 is 0 Å².